The van der Waals surface area contributed by atoms with Crippen LogP contribution in [0, 0.1) is 0 Å². The highest BCUT2D eigenvalue weighted by Crippen LogP contribution is 2.19. The Morgan fingerprint density at radius 1 is 1.32 bits per heavy atom. The van der Waals surface area contributed by atoms with Crippen molar-refractivity contribution in [1.82, 2.24) is 15.8 Å². The number of hydrogen-bond acceptors (Lipinski definition) is 4. The third kappa shape index (κ3) is 4.75. The molecule has 2 aromatic rings. The van der Waals surface area contributed by atoms with E-state index < -0.39 is 0 Å². The van der Waals surface area contributed by atoms with E-state index in [4.69, 9.17) is 4.52 Å². The standard InChI is InChI=1S/C19H27N5O/c1-3-15-12-18(25-23-15)13-21-19(20-4-2)22-16-10-11-24(14-16)17-8-6-5-7-9-17/h5-9,12,16H,3-4,10-11,13-14H2,1-2H3,(H2,20,21,22). The zero-order chi connectivity index (χ0) is 17.5. The molecule has 1 aromatic carbocycles. The van der Waals surface area contributed by atoms with Crippen LogP contribution in [0.4, 0.5) is 5.69 Å². The van der Waals surface area contributed by atoms with Gasteiger partial charge in [-0.3, -0.25) is 0 Å². The fourth-order valence-corrected chi connectivity index (χ4v) is 3.02. The molecular weight excluding hydrogens is 314 g/mol. The molecule has 6 nitrogen and oxygen atoms in total. The van der Waals surface area contributed by atoms with Gasteiger partial charge in [-0.2, -0.15) is 0 Å². The second-order valence-corrected chi connectivity index (χ2v) is 6.24. The maximum Gasteiger partial charge on any atom is 0.191 e. The van der Waals surface area contributed by atoms with Gasteiger partial charge in [0.2, 0.25) is 0 Å². The van der Waals surface area contributed by atoms with Gasteiger partial charge >= 0.3 is 0 Å². The molecule has 1 aliphatic rings. The lowest BCUT2D eigenvalue weighted by Crippen LogP contribution is -2.44. The summed E-state index contributed by atoms with van der Waals surface area (Å²) in [6.07, 6.45) is 1.98. The van der Waals surface area contributed by atoms with Crippen LogP contribution in [-0.4, -0.2) is 36.8 Å². The number of aryl methyl sites for hydroxylation is 1. The highest BCUT2D eigenvalue weighted by molar-refractivity contribution is 5.80. The number of benzene rings is 1. The maximum atomic E-state index is 5.31. The fourth-order valence-electron chi connectivity index (χ4n) is 3.02. The number of nitrogens with one attached hydrogen (secondary N) is 2. The van der Waals surface area contributed by atoms with Gasteiger partial charge in [-0.1, -0.05) is 30.3 Å². The summed E-state index contributed by atoms with van der Waals surface area (Å²) in [7, 11) is 0. The molecule has 0 saturated carbocycles. The van der Waals surface area contributed by atoms with E-state index in [0.717, 1.165) is 49.9 Å². The number of anilines is 1. The first-order valence-corrected chi connectivity index (χ1v) is 9.07. The number of hydrogen-bond donors (Lipinski definition) is 2. The summed E-state index contributed by atoms with van der Waals surface area (Å²) >= 11 is 0. The van der Waals surface area contributed by atoms with E-state index in [9.17, 15) is 0 Å². The van der Waals surface area contributed by atoms with Crippen LogP contribution in [0.25, 0.3) is 0 Å². The Morgan fingerprint density at radius 3 is 2.88 bits per heavy atom. The highest BCUT2D eigenvalue weighted by atomic mass is 16.5. The van der Waals surface area contributed by atoms with Crippen molar-refractivity contribution in [3.05, 3.63) is 47.9 Å². The summed E-state index contributed by atoms with van der Waals surface area (Å²) in [5.41, 5.74) is 2.25. The van der Waals surface area contributed by atoms with Crippen molar-refractivity contribution >= 4 is 11.6 Å². The van der Waals surface area contributed by atoms with Crippen molar-refractivity contribution in [2.45, 2.75) is 39.3 Å². The lowest BCUT2D eigenvalue weighted by Gasteiger charge is -2.20. The molecule has 1 fully saturated rings. The van der Waals surface area contributed by atoms with E-state index >= 15 is 0 Å². The molecule has 1 atom stereocenters. The molecule has 0 spiro atoms. The Bertz CT molecular complexity index is 682. The van der Waals surface area contributed by atoms with Gasteiger partial charge in [0, 0.05) is 37.4 Å². The molecular formula is C19H27N5O. The molecule has 0 bridgehead atoms. The van der Waals surface area contributed by atoms with E-state index in [1.54, 1.807) is 0 Å². The molecule has 1 aromatic heterocycles. The van der Waals surface area contributed by atoms with Crippen LogP contribution < -0.4 is 15.5 Å². The number of para-hydroxylation sites is 1. The number of rotatable bonds is 6. The number of nitrogens with zero attached hydrogens (tertiary/aromatic N) is 3. The topological polar surface area (TPSA) is 65.7 Å². The van der Waals surface area contributed by atoms with Crippen molar-refractivity contribution in [2.24, 2.45) is 4.99 Å². The summed E-state index contributed by atoms with van der Waals surface area (Å²) in [4.78, 5) is 7.04. The Morgan fingerprint density at radius 2 is 2.16 bits per heavy atom. The lowest BCUT2D eigenvalue weighted by molar-refractivity contribution is 0.379. The van der Waals surface area contributed by atoms with E-state index in [1.807, 2.05) is 6.07 Å². The van der Waals surface area contributed by atoms with Crippen LogP contribution in [0.5, 0.6) is 0 Å². The van der Waals surface area contributed by atoms with Crippen molar-refractivity contribution < 1.29 is 4.52 Å². The van der Waals surface area contributed by atoms with Gasteiger partial charge in [0.15, 0.2) is 11.7 Å². The molecule has 2 N–H and O–H groups in total. The monoisotopic (exact) mass is 341 g/mol. The molecule has 6 heteroatoms. The molecule has 0 aliphatic carbocycles. The number of aliphatic imine (C=N–C) groups is 1. The van der Waals surface area contributed by atoms with Crippen LogP contribution in [-0.2, 0) is 13.0 Å². The Kier molecular flexibility index (Phi) is 5.93. The third-order valence-electron chi connectivity index (χ3n) is 4.36. The Hall–Kier alpha value is -2.50. The third-order valence-corrected chi connectivity index (χ3v) is 4.36. The zero-order valence-corrected chi connectivity index (χ0v) is 15.0. The maximum absolute atomic E-state index is 5.31. The molecule has 1 aliphatic heterocycles. The normalized spacial score (nSPS) is 17.8. The van der Waals surface area contributed by atoms with Crippen molar-refractivity contribution in [3.8, 4) is 0 Å². The van der Waals surface area contributed by atoms with Gasteiger partial charge < -0.3 is 20.1 Å². The van der Waals surface area contributed by atoms with Crippen molar-refractivity contribution in [2.75, 3.05) is 24.5 Å². The van der Waals surface area contributed by atoms with Crippen LogP contribution >= 0.6 is 0 Å². The van der Waals surface area contributed by atoms with Crippen molar-refractivity contribution in [1.29, 1.82) is 0 Å². The summed E-state index contributed by atoms with van der Waals surface area (Å²) < 4.78 is 5.31. The van der Waals surface area contributed by atoms with E-state index in [2.05, 4.69) is 69.9 Å². The SMILES string of the molecule is CCNC(=NCc1cc(CC)no1)NC1CCN(c2ccccc2)C1. The Labute approximate surface area is 149 Å². The predicted octanol–water partition coefficient (Wildman–Crippen LogP) is 2.57. The van der Waals surface area contributed by atoms with E-state index in [1.165, 1.54) is 5.69 Å². The Balaban J connectivity index is 1.57. The first-order valence-electron chi connectivity index (χ1n) is 9.07. The van der Waals surface area contributed by atoms with Crippen molar-refractivity contribution in [3.63, 3.8) is 0 Å². The molecule has 0 radical (unpaired) electrons. The second-order valence-electron chi connectivity index (χ2n) is 6.24. The largest absolute Gasteiger partial charge is 0.369 e. The number of guanidine groups is 1. The van der Waals surface area contributed by atoms with Crippen LogP contribution in [0.15, 0.2) is 45.9 Å². The minimum Gasteiger partial charge on any atom is -0.369 e. The average Bonchev–Trinajstić information content (AvgIpc) is 3.30. The van der Waals surface area contributed by atoms with Crippen LogP contribution in [0.1, 0.15) is 31.7 Å². The van der Waals surface area contributed by atoms with Gasteiger partial charge in [-0.25, -0.2) is 4.99 Å². The molecule has 2 heterocycles. The summed E-state index contributed by atoms with van der Waals surface area (Å²) in [6, 6.07) is 12.9. The van der Waals surface area contributed by atoms with Crippen LogP contribution in [0.2, 0.25) is 0 Å². The smallest absolute Gasteiger partial charge is 0.191 e. The highest BCUT2D eigenvalue weighted by Gasteiger charge is 2.23. The second kappa shape index (κ2) is 8.55. The first-order chi connectivity index (χ1) is 12.3. The quantitative estimate of drug-likeness (QED) is 0.624. The van der Waals surface area contributed by atoms with Gasteiger partial charge in [-0.05, 0) is 31.9 Å². The lowest BCUT2D eigenvalue weighted by atomic mass is 10.2. The summed E-state index contributed by atoms with van der Waals surface area (Å²) in [6.45, 7) is 7.51. The summed E-state index contributed by atoms with van der Waals surface area (Å²) in [5.74, 6) is 1.63. The minimum absolute atomic E-state index is 0.388. The molecule has 1 saturated heterocycles. The van der Waals surface area contributed by atoms with Gasteiger partial charge in [0.1, 0.15) is 6.54 Å². The molecule has 0 amide bonds. The first kappa shape index (κ1) is 17.3. The van der Waals surface area contributed by atoms with E-state index in [-0.39, 0.29) is 0 Å². The van der Waals surface area contributed by atoms with E-state index in [0.29, 0.717) is 12.6 Å². The molecule has 134 valence electrons. The van der Waals surface area contributed by atoms with Gasteiger partial charge in [-0.15, -0.1) is 0 Å². The summed E-state index contributed by atoms with van der Waals surface area (Å²) in [5, 5.41) is 10.9. The molecule has 3 rings (SSSR count). The zero-order valence-electron chi connectivity index (χ0n) is 15.0. The van der Waals surface area contributed by atoms with Crippen LogP contribution in [0.3, 0.4) is 0 Å². The minimum atomic E-state index is 0.388. The van der Waals surface area contributed by atoms with Gasteiger partial charge in [0.05, 0.1) is 5.69 Å². The number of aromatic nitrogens is 1. The average molecular weight is 341 g/mol. The predicted molar refractivity (Wildman–Crippen MR) is 101 cm³/mol. The molecule has 25 heavy (non-hydrogen) atoms. The van der Waals surface area contributed by atoms with Gasteiger partial charge in [0.25, 0.3) is 0 Å². The fraction of sp³-hybridized carbons (Fsp3) is 0.474. The molecule has 1 unspecified atom stereocenters.